The number of thioether (sulfide) groups is 1. The van der Waals surface area contributed by atoms with Crippen LogP contribution in [0.3, 0.4) is 0 Å². The van der Waals surface area contributed by atoms with Crippen LogP contribution in [0, 0.1) is 0 Å². The van der Waals surface area contributed by atoms with Gasteiger partial charge in [0.15, 0.2) is 0 Å². The van der Waals surface area contributed by atoms with Crippen LogP contribution < -0.4 is 5.56 Å². The predicted octanol–water partition coefficient (Wildman–Crippen LogP) is 2.64. The third-order valence-corrected chi connectivity index (χ3v) is 5.08. The van der Waals surface area contributed by atoms with Crippen LogP contribution in [-0.4, -0.2) is 35.3 Å². The molecule has 0 saturated carbocycles. The number of H-pyrrole nitrogens is 1. The lowest BCUT2D eigenvalue weighted by Gasteiger charge is -2.04. The van der Waals surface area contributed by atoms with Gasteiger partial charge in [0, 0.05) is 5.39 Å². The van der Waals surface area contributed by atoms with Gasteiger partial charge in [-0.1, -0.05) is 23.9 Å². The van der Waals surface area contributed by atoms with Gasteiger partial charge in [-0.25, -0.2) is 4.98 Å². The quantitative estimate of drug-likeness (QED) is 0.448. The summed E-state index contributed by atoms with van der Waals surface area (Å²) in [5, 5.41) is 22.5. The van der Waals surface area contributed by atoms with Gasteiger partial charge in [0.05, 0.1) is 11.4 Å². The van der Waals surface area contributed by atoms with Crippen LogP contribution in [-0.2, 0) is 5.75 Å². The standard InChI is InChI=1S/C18H12N6O3S/c25-11-7-5-10(6-8-11)24-18(21-22-23-24)28-9-14-19-15-12-3-1-2-4-13(12)27-16(15)17(26)20-14/h1-8,25H,9H2,(H,19,20,26). The summed E-state index contributed by atoms with van der Waals surface area (Å²) in [6.45, 7) is 0. The first kappa shape index (κ1) is 16.5. The molecule has 5 rings (SSSR count). The molecule has 28 heavy (non-hydrogen) atoms. The Hall–Kier alpha value is -3.66. The highest BCUT2D eigenvalue weighted by Crippen LogP contribution is 2.26. The number of hydrogen-bond donors (Lipinski definition) is 2. The second-order valence-corrected chi connectivity index (χ2v) is 6.91. The molecule has 0 aliphatic heterocycles. The monoisotopic (exact) mass is 392 g/mol. The van der Waals surface area contributed by atoms with E-state index in [2.05, 4.69) is 25.5 Å². The summed E-state index contributed by atoms with van der Waals surface area (Å²) in [7, 11) is 0. The van der Waals surface area contributed by atoms with Gasteiger partial charge in [0.2, 0.25) is 10.7 Å². The van der Waals surface area contributed by atoms with Crippen LogP contribution >= 0.6 is 11.8 Å². The van der Waals surface area contributed by atoms with Crippen LogP contribution in [0.5, 0.6) is 5.75 Å². The van der Waals surface area contributed by atoms with Gasteiger partial charge in [-0.05, 0) is 46.8 Å². The number of nitrogens with one attached hydrogen (secondary N) is 1. The Labute approximate surface area is 161 Å². The molecule has 9 nitrogen and oxygen atoms in total. The molecule has 2 aromatic carbocycles. The van der Waals surface area contributed by atoms with Gasteiger partial charge in [-0.15, -0.1) is 5.10 Å². The van der Waals surface area contributed by atoms with Crippen LogP contribution in [0.2, 0.25) is 0 Å². The van der Waals surface area contributed by atoms with Crippen LogP contribution in [0.4, 0.5) is 0 Å². The molecule has 2 N–H and O–H groups in total. The zero-order chi connectivity index (χ0) is 19.1. The first-order valence-corrected chi connectivity index (χ1v) is 9.28. The van der Waals surface area contributed by atoms with Gasteiger partial charge in [0.1, 0.15) is 22.7 Å². The summed E-state index contributed by atoms with van der Waals surface area (Å²) in [6.07, 6.45) is 0. The molecule has 0 aliphatic carbocycles. The van der Waals surface area contributed by atoms with E-state index in [-0.39, 0.29) is 16.9 Å². The number of aromatic hydroxyl groups is 1. The molecule has 5 aromatic rings. The number of benzene rings is 2. The molecule has 0 atom stereocenters. The minimum absolute atomic E-state index is 0.161. The third kappa shape index (κ3) is 2.79. The van der Waals surface area contributed by atoms with Gasteiger partial charge in [-0.3, -0.25) is 4.79 Å². The number of fused-ring (bicyclic) bond motifs is 3. The molecule has 0 aliphatic rings. The summed E-state index contributed by atoms with van der Waals surface area (Å²) in [4.78, 5) is 19.7. The van der Waals surface area contributed by atoms with Crippen LogP contribution in [0.15, 0.2) is 62.9 Å². The van der Waals surface area contributed by atoms with Crippen molar-refractivity contribution in [2.24, 2.45) is 0 Å². The number of para-hydroxylation sites is 1. The van der Waals surface area contributed by atoms with E-state index in [1.807, 2.05) is 18.2 Å². The predicted molar refractivity (Wildman–Crippen MR) is 103 cm³/mol. The minimum atomic E-state index is -0.324. The van der Waals surface area contributed by atoms with E-state index in [1.165, 1.54) is 11.8 Å². The van der Waals surface area contributed by atoms with Crippen molar-refractivity contribution in [3.63, 3.8) is 0 Å². The normalized spacial score (nSPS) is 11.4. The fourth-order valence-electron chi connectivity index (χ4n) is 2.87. The SMILES string of the molecule is O=c1[nH]c(CSc2nnnn2-c2ccc(O)cc2)nc2c1oc1ccccc12. The Morgan fingerprint density at radius 3 is 2.82 bits per heavy atom. The smallest absolute Gasteiger partial charge is 0.294 e. The van der Waals surface area contributed by atoms with Crippen molar-refractivity contribution in [3.8, 4) is 11.4 Å². The number of phenols is 1. The molecule has 0 radical (unpaired) electrons. The van der Waals surface area contributed by atoms with E-state index in [9.17, 15) is 9.90 Å². The van der Waals surface area contributed by atoms with Gasteiger partial charge in [0.25, 0.3) is 5.56 Å². The highest BCUT2D eigenvalue weighted by Gasteiger charge is 2.15. The van der Waals surface area contributed by atoms with Gasteiger partial charge < -0.3 is 14.5 Å². The van der Waals surface area contributed by atoms with Crippen molar-refractivity contribution < 1.29 is 9.52 Å². The Kier molecular flexibility index (Phi) is 3.83. The van der Waals surface area contributed by atoms with Gasteiger partial charge >= 0.3 is 0 Å². The molecule has 0 spiro atoms. The largest absolute Gasteiger partial charge is 0.508 e. The molecule has 0 amide bonds. The topological polar surface area (TPSA) is 123 Å². The van der Waals surface area contributed by atoms with Gasteiger partial charge in [-0.2, -0.15) is 4.68 Å². The van der Waals surface area contributed by atoms with Crippen molar-refractivity contribution in [2.75, 3.05) is 0 Å². The number of rotatable bonds is 4. The van der Waals surface area contributed by atoms with Crippen LogP contribution in [0.1, 0.15) is 5.82 Å². The summed E-state index contributed by atoms with van der Waals surface area (Å²) in [5.41, 5.74) is 1.76. The highest BCUT2D eigenvalue weighted by molar-refractivity contribution is 7.98. The number of nitrogens with zero attached hydrogens (tertiary/aromatic N) is 5. The average Bonchev–Trinajstić information content (AvgIpc) is 3.32. The molecule has 0 unspecified atom stereocenters. The number of aromatic nitrogens is 6. The fraction of sp³-hybridized carbons (Fsp3) is 0.0556. The molecule has 3 heterocycles. The summed E-state index contributed by atoms with van der Waals surface area (Å²) < 4.78 is 7.15. The maximum atomic E-state index is 12.4. The van der Waals surface area contributed by atoms with E-state index in [1.54, 1.807) is 35.0 Å². The third-order valence-electron chi connectivity index (χ3n) is 4.15. The number of aromatic amines is 1. The highest BCUT2D eigenvalue weighted by atomic mass is 32.2. The second kappa shape index (κ2) is 6.50. The summed E-state index contributed by atoms with van der Waals surface area (Å²) in [5.74, 6) is 1.02. The Balaban J connectivity index is 1.47. The van der Waals surface area contributed by atoms with E-state index in [0.29, 0.717) is 33.5 Å². The molecular formula is C18H12N6O3S. The van der Waals surface area contributed by atoms with E-state index in [0.717, 1.165) is 5.39 Å². The number of hydrogen-bond acceptors (Lipinski definition) is 8. The summed E-state index contributed by atoms with van der Waals surface area (Å²) in [6, 6.07) is 13.9. The molecule has 0 saturated heterocycles. The molecule has 10 heteroatoms. The van der Waals surface area contributed by atoms with Crippen LogP contribution in [0.25, 0.3) is 27.8 Å². The van der Waals surface area contributed by atoms with Crippen molar-refractivity contribution in [1.29, 1.82) is 0 Å². The van der Waals surface area contributed by atoms with Crippen molar-refractivity contribution in [1.82, 2.24) is 30.2 Å². The molecular weight excluding hydrogens is 380 g/mol. The lowest BCUT2D eigenvalue weighted by molar-refractivity contribution is 0.475. The number of furan rings is 1. The molecule has 3 aromatic heterocycles. The second-order valence-electron chi connectivity index (χ2n) is 5.97. The van der Waals surface area contributed by atoms with E-state index >= 15 is 0 Å². The first-order chi connectivity index (χ1) is 13.7. The lowest BCUT2D eigenvalue weighted by Crippen LogP contribution is -2.10. The number of phenolic OH excluding ortho intramolecular Hbond substituents is 1. The Morgan fingerprint density at radius 1 is 1.14 bits per heavy atom. The first-order valence-electron chi connectivity index (χ1n) is 8.30. The fourth-order valence-corrected chi connectivity index (χ4v) is 3.63. The van der Waals surface area contributed by atoms with E-state index in [4.69, 9.17) is 4.42 Å². The van der Waals surface area contributed by atoms with Crippen molar-refractivity contribution >= 4 is 33.8 Å². The maximum absolute atomic E-state index is 12.4. The summed E-state index contributed by atoms with van der Waals surface area (Å²) >= 11 is 1.33. The lowest BCUT2D eigenvalue weighted by atomic mass is 10.2. The van der Waals surface area contributed by atoms with Crippen molar-refractivity contribution in [2.45, 2.75) is 10.9 Å². The minimum Gasteiger partial charge on any atom is -0.508 e. The average molecular weight is 392 g/mol. The Bertz CT molecular complexity index is 1360. The zero-order valence-electron chi connectivity index (χ0n) is 14.2. The molecule has 138 valence electrons. The molecule has 0 fully saturated rings. The maximum Gasteiger partial charge on any atom is 0.294 e. The van der Waals surface area contributed by atoms with E-state index < -0.39 is 0 Å². The number of tetrazole rings is 1. The zero-order valence-corrected chi connectivity index (χ0v) is 15.1. The Morgan fingerprint density at radius 2 is 1.96 bits per heavy atom. The van der Waals surface area contributed by atoms with Crippen molar-refractivity contribution in [3.05, 3.63) is 64.7 Å². The molecule has 0 bridgehead atoms.